The second-order valence-electron chi connectivity index (χ2n) is 3.88. The lowest BCUT2D eigenvalue weighted by Crippen LogP contribution is -2.18. The van der Waals surface area contributed by atoms with E-state index in [4.69, 9.17) is 16.0 Å². The number of oxazole rings is 1. The topological polar surface area (TPSA) is 51.0 Å². The van der Waals surface area contributed by atoms with Gasteiger partial charge >= 0.3 is 0 Å². The molecule has 1 atom stereocenters. The molecule has 4 nitrogen and oxygen atoms in total. The van der Waals surface area contributed by atoms with Crippen molar-refractivity contribution in [2.24, 2.45) is 0 Å². The number of hydrogen-bond acceptors (Lipinski definition) is 4. The molecule has 2 aromatic rings. The lowest BCUT2D eigenvalue weighted by Gasteiger charge is -2.10. The van der Waals surface area contributed by atoms with Crippen LogP contribution in [0.5, 0.6) is 0 Å². The summed E-state index contributed by atoms with van der Waals surface area (Å²) in [5.41, 5.74) is 1.01. The van der Waals surface area contributed by atoms with E-state index < -0.39 is 0 Å². The van der Waals surface area contributed by atoms with Crippen molar-refractivity contribution in [2.75, 3.05) is 0 Å². The standard InChI is InChI=1S/C12H14ClN3O/c1-8-5-16-12(17-8)9(2)15-6-10-3-4-14-7-11(10)13/h3-5,7,9,15H,6H2,1-2H3. The van der Waals surface area contributed by atoms with Crippen LogP contribution in [0.3, 0.4) is 0 Å². The third-order valence-electron chi connectivity index (χ3n) is 2.46. The van der Waals surface area contributed by atoms with Gasteiger partial charge in [-0.25, -0.2) is 4.98 Å². The van der Waals surface area contributed by atoms with Crippen molar-refractivity contribution in [3.05, 3.63) is 46.9 Å². The SMILES string of the molecule is Cc1cnc(C(C)NCc2ccncc2Cl)o1. The Balaban J connectivity index is 1.97. The van der Waals surface area contributed by atoms with Gasteiger partial charge in [0.1, 0.15) is 5.76 Å². The quantitative estimate of drug-likeness (QED) is 0.908. The van der Waals surface area contributed by atoms with E-state index in [-0.39, 0.29) is 6.04 Å². The molecule has 0 amide bonds. The minimum absolute atomic E-state index is 0.0490. The minimum atomic E-state index is 0.0490. The highest BCUT2D eigenvalue weighted by Crippen LogP contribution is 2.16. The van der Waals surface area contributed by atoms with Crippen molar-refractivity contribution >= 4 is 11.6 Å². The van der Waals surface area contributed by atoms with Gasteiger partial charge in [-0.2, -0.15) is 0 Å². The van der Waals surface area contributed by atoms with Crippen molar-refractivity contribution in [3.63, 3.8) is 0 Å². The van der Waals surface area contributed by atoms with E-state index in [2.05, 4.69) is 15.3 Å². The Kier molecular flexibility index (Phi) is 3.76. The second kappa shape index (κ2) is 5.29. The van der Waals surface area contributed by atoms with Gasteiger partial charge in [-0.15, -0.1) is 0 Å². The number of nitrogens with one attached hydrogen (secondary N) is 1. The molecule has 17 heavy (non-hydrogen) atoms. The third-order valence-corrected chi connectivity index (χ3v) is 2.81. The third kappa shape index (κ3) is 3.05. The molecule has 0 aromatic carbocycles. The normalized spacial score (nSPS) is 12.6. The number of aryl methyl sites for hydroxylation is 1. The predicted molar refractivity (Wildman–Crippen MR) is 65.7 cm³/mol. The van der Waals surface area contributed by atoms with E-state index >= 15 is 0 Å². The molecule has 0 saturated carbocycles. The van der Waals surface area contributed by atoms with Gasteiger partial charge in [0.15, 0.2) is 0 Å². The lowest BCUT2D eigenvalue weighted by molar-refractivity contribution is 0.402. The zero-order chi connectivity index (χ0) is 12.3. The lowest BCUT2D eigenvalue weighted by atomic mass is 10.2. The number of halogens is 1. The van der Waals surface area contributed by atoms with Crippen LogP contribution in [-0.2, 0) is 6.54 Å². The van der Waals surface area contributed by atoms with E-state index in [1.54, 1.807) is 18.6 Å². The summed E-state index contributed by atoms with van der Waals surface area (Å²) >= 11 is 6.02. The van der Waals surface area contributed by atoms with Crippen LogP contribution in [0, 0.1) is 6.92 Å². The van der Waals surface area contributed by atoms with Gasteiger partial charge in [-0.1, -0.05) is 11.6 Å². The average molecular weight is 252 g/mol. The van der Waals surface area contributed by atoms with Gasteiger partial charge in [-0.3, -0.25) is 4.98 Å². The van der Waals surface area contributed by atoms with E-state index in [1.165, 1.54) is 0 Å². The van der Waals surface area contributed by atoms with Crippen molar-refractivity contribution in [2.45, 2.75) is 26.4 Å². The summed E-state index contributed by atoms with van der Waals surface area (Å²) in [5.74, 6) is 1.50. The Morgan fingerprint density at radius 1 is 1.47 bits per heavy atom. The predicted octanol–water partition coefficient (Wildman–Crippen LogP) is 2.88. The summed E-state index contributed by atoms with van der Waals surface area (Å²) in [6.45, 7) is 4.53. The second-order valence-corrected chi connectivity index (χ2v) is 4.29. The molecule has 1 unspecified atom stereocenters. The first-order chi connectivity index (χ1) is 8.16. The molecule has 0 fully saturated rings. The summed E-state index contributed by atoms with van der Waals surface area (Å²) < 4.78 is 5.44. The zero-order valence-corrected chi connectivity index (χ0v) is 10.5. The first-order valence-electron chi connectivity index (χ1n) is 5.41. The average Bonchev–Trinajstić information content (AvgIpc) is 2.74. The van der Waals surface area contributed by atoms with Crippen LogP contribution < -0.4 is 5.32 Å². The Labute approximate surface area is 105 Å². The smallest absolute Gasteiger partial charge is 0.211 e. The summed E-state index contributed by atoms with van der Waals surface area (Å²) in [7, 11) is 0. The number of aromatic nitrogens is 2. The van der Waals surface area contributed by atoms with Gasteiger partial charge < -0.3 is 9.73 Å². The van der Waals surface area contributed by atoms with Crippen molar-refractivity contribution in [1.82, 2.24) is 15.3 Å². The van der Waals surface area contributed by atoms with Gasteiger partial charge in [0.05, 0.1) is 17.3 Å². The molecule has 0 aliphatic carbocycles. The molecule has 0 saturated heterocycles. The van der Waals surface area contributed by atoms with Crippen molar-refractivity contribution in [3.8, 4) is 0 Å². The minimum Gasteiger partial charge on any atom is -0.444 e. The van der Waals surface area contributed by atoms with Crippen LogP contribution in [0.15, 0.2) is 29.1 Å². The monoisotopic (exact) mass is 251 g/mol. The largest absolute Gasteiger partial charge is 0.444 e. The first-order valence-corrected chi connectivity index (χ1v) is 5.78. The Morgan fingerprint density at radius 3 is 2.94 bits per heavy atom. The van der Waals surface area contributed by atoms with Crippen LogP contribution in [0.25, 0.3) is 0 Å². The molecule has 2 aromatic heterocycles. The summed E-state index contributed by atoms with van der Waals surface area (Å²) in [6.07, 6.45) is 5.08. The molecular formula is C12H14ClN3O. The van der Waals surface area contributed by atoms with Gasteiger partial charge in [0.25, 0.3) is 0 Å². The molecule has 0 radical (unpaired) electrons. The van der Waals surface area contributed by atoms with Gasteiger partial charge in [-0.05, 0) is 25.5 Å². The molecule has 0 spiro atoms. The zero-order valence-electron chi connectivity index (χ0n) is 9.77. The Bertz CT molecular complexity index is 498. The van der Waals surface area contributed by atoms with Crippen molar-refractivity contribution < 1.29 is 4.42 Å². The Hall–Kier alpha value is -1.39. The van der Waals surface area contributed by atoms with Gasteiger partial charge in [0.2, 0.25) is 5.89 Å². The van der Waals surface area contributed by atoms with E-state index in [0.717, 1.165) is 11.3 Å². The molecule has 2 rings (SSSR count). The van der Waals surface area contributed by atoms with E-state index in [0.29, 0.717) is 17.5 Å². The number of rotatable bonds is 4. The highest BCUT2D eigenvalue weighted by atomic mass is 35.5. The number of pyridine rings is 1. The van der Waals surface area contributed by atoms with Crippen molar-refractivity contribution in [1.29, 1.82) is 0 Å². The fourth-order valence-corrected chi connectivity index (χ4v) is 1.66. The summed E-state index contributed by atoms with van der Waals surface area (Å²) in [5, 5.41) is 3.96. The summed E-state index contributed by atoms with van der Waals surface area (Å²) in [4.78, 5) is 8.12. The first kappa shape index (κ1) is 12.1. The summed E-state index contributed by atoms with van der Waals surface area (Å²) in [6, 6.07) is 1.94. The van der Waals surface area contributed by atoms with E-state index in [9.17, 15) is 0 Å². The highest BCUT2D eigenvalue weighted by Gasteiger charge is 2.11. The molecule has 2 heterocycles. The Morgan fingerprint density at radius 2 is 2.29 bits per heavy atom. The van der Waals surface area contributed by atoms with Crippen LogP contribution >= 0.6 is 11.6 Å². The molecular weight excluding hydrogens is 238 g/mol. The van der Waals surface area contributed by atoms with Crippen LogP contribution in [0.1, 0.15) is 30.2 Å². The van der Waals surface area contributed by atoms with Crippen LogP contribution in [0.4, 0.5) is 0 Å². The van der Waals surface area contributed by atoms with E-state index in [1.807, 2.05) is 19.9 Å². The molecule has 0 aliphatic rings. The molecule has 0 aliphatic heterocycles. The maximum atomic E-state index is 6.02. The molecule has 90 valence electrons. The fraction of sp³-hybridized carbons (Fsp3) is 0.333. The number of nitrogens with zero attached hydrogens (tertiary/aromatic N) is 2. The maximum Gasteiger partial charge on any atom is 0.211 e. The molecule has 5 heteroatoms. The molecule has 0 bridgehead atoms. The molecule has 1 N–H and O–H groups in total. The van der Waals surface area contributed by atoms with Gasteiger partial charge in [0, 0.05) is 18.9 Å². The highest BCUT2D eigenvalue weighted by molar-refractivity contribution is 6.31. The number of hydrogen-bond donors (Lipinski definition) is 1. The fourth-order valence-electron chi connectivity index (χ4n) is 1.47. The van der Waals surface area contributed by atoms with Crippen LogP contribution in [0.2, 0.25) is 5.02 Å². The maximum absolute atomic E-state index is 6.02. The van der Waals surface area contributed by atoms with Crippen LogP contribution in [-0.4, -0.2) is 9.97 Å².